The minimum atomic E-state index is -0.672. The number of nitrogens with two attached hydrogens (primary N) is 1. The van der Waals surface area contributed by atoms with Gasteiger partial charge >= 0.3 is 5.97 Å². The van der Waals surface area contributed by atoms with Gasteiger partial charge in [0.2, 0.25) is 5.95 Å². The molecule has 0 amide bonds. The summed E-state index contributed by atoms with van der Waals surface area (Å²) < 4.78 is 10.4. The number of phenols is 1. The van der Waals surface area contributed by atoms with Crippen molar-refractivity contribution in [2.24, 2.45) is 0 Å². The van der Waals surface area contributed by atoms with E-state index in [2.05, 4.69) is 20.6 Å². The zero-order valence-corrected chi connectivity index (χ0v) is 16.0. The normalized spacial score (nSPS) is 10.3. The Morgan fingerprint density at radius 3 is 2.66 bits per heavy atom. The number of nitrogens with one attached hydrogen (secondary N) is 2. The molecular formula is C20H21N5O4. The summed E-state index contributed by atoms with van der Waals surface area (Å²) >= 11 is 0. The fourth-order valence-electron chi connectivity index (χ4n) is 2.56. The maximum atomic E-state index is 12.3. The van der Waals surface area contributed by atoms with Gasteiger partial charge in [-0.15, -0.1) is 0 Å². The molecule has 9 heteroatoms. The summed E-state index contributed by atoms with van der Waals surface area (Å²) in [6.45, 7) is 1.86. The van der Waals surface area contributed by atoms with E-state index in [1.807, 2.05) is 12.1 Å². The largest absolute Gasteiger partial charge is 0.508 e. The maximum Gasteiger partial charge on any atom is 0.359 e. The van der Waals surface area contributed by atoms with Crippen LogP contribution in [0.5, 0.6) is 11.5 Å². The molecule has 3 rings (SSSR count). The van der Waals surface area contributed by atoms with E-state index in [4.69, 9.17) is 15.2 Å². The first-order valence-corrected chi connectivity index (χ1v) is 8.82. The molecule has 0 aliphatic heterocycles. The molecule has 0 spiro atoms. The molecule has 0 unspecified atom stereocenters. The number of esters is 1. The SMILES string of the molecule is CCOC(=O)c1nc(Nc2cccc(O)c2)nc(Nc2ccccc2OC)c1N. The molecule has 9 nitrogen and oxygen atoms in total. The van der Waals surface area contributed by atoms with E-state index in [0.717, 1.165) is 0 Å². The van der Waals surface area contributed by atoms with Gasteiger partial charge in [-0.05, 0) is 31.2 Å². The second-order valence-corrected chi connectivity index (χ2v) is 5.88. The van der Waals surface area contributed by atoms with Gasteiger partial charge in [-0.25, -0.2) is 9.78 Å². The van der Waals surface area contributed by atoms with Crippen LogP contribution < -0.4 is 21.1 Å². The van der Waals surface area contributed by atoms with Gasteiger partial charge in [-0.1, -0.05) is 18.2 Å². The van der Waals surface area contributed by atoms with Crippen LogP contribution in [0.15, 0.2) is 48.5 Å². The van der Waals surface area contributed by atoms with Gasteiger partial charge in [0.25, 0.3) is 0 Å². The summed E-state index contributed by atoms with van der Waals surface area (Å²) in [5, 5.41) is 15.7. The van der Waals surface area contributed by atoms with Crippen LogP contribution in [-0.2, 0) is 4.74 Å². The van der Waals surface area contributed by atoms with Gasteiger partial charge in [0.05, 0.1) is 19.4 Å². The monoisotopic (exact) mass is 395 g/mol. The number of benzene rings is 2. The number of carbonyl (C=O) groups excluding carboxylic acids is 1. The topological polar surface area (TPSA) is 132 Å². The van der Waals surface area contributed by atoms with Crippen molar-refractivity contribution in [2.75, 3.05) is 30.1 Å². The molecule has 5 N–H and O–H groups in total. The number of para-hydroxylation sites is 2. The Kier molecular flexibility index (Phi) is 5.98. The molecule has 0 bridgehead atoms. The number of rotatable bonds is 7. The van der Waals surface area contributed by atoms with Crippen LogP contribution >= 0.6 is 0 Å². The Labute approximate surface area is 167 Å². The van der Waals surface area contributed by atoms with E-state index in [0.29, 0.717) is 17.1 Å². The number of phenolic OH excluding ortho intramolecular Hbond substituents is 1. The predicted molar refractivity (Wildman–Crippen MR) is 110 cm³/mol. The van der Waals surface area contributed by atoms with E-state index < -0.39 is 5.97 Å². The number of carbonyl (C=O) groups is 1. The van der Waals surface area contributed by atoms with Gasteiger partial charge < -0.3 is 30.9 Å². The number of aromatic hydroxyl groups is 1. The van der Waals surface area contributed by atoms with Crippen molar-refractivity contribution < 1.29 is 19.4 Å². The summed E-state index contributed by atoms with van der Waals surface area (Å²) in [6.07, 6.45) is 0. The van der Waals surface area contributed by atoms with E-state index in [-0.39, 0.29) is 35.5 Å². The maximum absolute atomic E-state index is 12.3. The third kappa shape index (κ3) is 4.64. The number of ether oxygens (including phenoxy) is 2. The molecule has 0 atom stereocenters. The van der Waals surface area contributed by atoms with Crippen molar-refractivity contribution in [2.45, 2.75) is 6.92 Å². The Bertz CT molecular complexity index is 1030. The van der Waals surface area contributed by atoms with Gasteiger partial charge in [0, 0.05) is 11.8 Å². The Balaban J connectivity index is 2.03. The number of hydrogen-bond acceptors (Lipinski definition) is 9. The molecule has 0 aliphatic rings. The number of nitrogen functional groups attached to an aromatic ring is 1. The van der Waals surface area contributed by atoms with Crippen molar-refractivity contribution in [3.05, 3.63) is 54.2 Å². The number of hydrogen-bond donors (Lipinski definition) is 4. The molecule has 0 radical (unpaired) electrons. The third-order valence-electron chi connectivity index (χ3n) is 3.88. The molecule has 0 fully saturated rings. The van der Waals surface area contributed by atoms with E-state index in [1.165, 1.54) is 12.1 Å². The molecular weight excluding hydrogens is 374 g/mol. The van der Waals surface area contributed by atoms with E-state index in [1.54, 1.807) is 38.3 Å². The molecule has 3 aromatic rings. The highest BCUT2D eigenvalue weighted by Gasteiger charge is 2.20. The molecule has 150 valence electrons. The van der Waals surface area contributed by atoms with Crippen LogP contribution in [0, 0.1) is 0 Å². The van der Waals surface area contributed by atoms with Gasteiger partial charge in [-0.3, -0.25) is 0 Å². The van der Waals surface area contributed by atoms with Crippen molar-refractivity contribution in [1.82, 2.24) is 9.97 Å². The zero-order valence-electron chi connectivity index (χ0n) is 16.0. The molecule has 0 saturated carbocycles. The molecule has 1 heterocycles. The summed E-state index contributed by atoms with van der Waals surface area (Å²) in [5.41, 5.74) is 7.24. The number of nitrogens with zero attached hydrogens (tertiary/aromatic N) is 2. The second kappa shape index (κ2) is 8.79. The first-order chi connectivity index (χ1) is 14.0. The Hall–Kier alpha value is -4.01. The molecule has 29 heavy (non-hydrogen) atoms. The van der Waals surface area contributed by atoms with Gasteiger partial charge in [0.15, 0.2) is 11.5 Å². The lowest BCUT2D eigenvalue weighted by Gasteiger charge is -2.15. The van der Waals surface area contributed by atoms with Crippen molar-refractivity contribution in [1.29, 1.82) is 0 Å². The number of anilines is 5. The summed E-state index contributed by atoms with van der Waals surface area (Å²) in [6, 6.07) is 13.6. The Morgan fingerprint density at radius 1 is 1.14 bits per heavy atom. The van der Waals surface area contributed by atoms with Gasteiger partial charge in [-0.2, -0.15) is 4.98 Å². The highest BCUT2D eigenvalue weighted by Crippen LogP contribution is 2.31. The first-order valence-electron chi connectivity index (χ1n) is 8.82. The standard InChI is InChI=1S/C20H21N5O4/c1-3-29-19(27)17-16(21)18(23-14-9-4-5-10-15(14)28-2)25-20(24-17)22-12-7-6-8-13(26)11-12/h4-11,26H,3,21H2,1-2H3,(H2,22,23,24,25). The smallest absolute Gasteiger partial charge is 0.359 e. The average Bonchev–Trinajstić information content (AvgIpc) is 2.71. The highest BCUT2D eigenvalue weighted by molar-refractivity contribution is 5.96. The lowest BCUT2D eigenvalue weighted by molar-refractivity contribution is 0.0521. The summed E-state index contributed by atoms with van der Waals surface area (Å²) in [5.74, 6) is 0.281. The van der Waals surface area contributed by atoms with Crippen LogP contribution in [0.2, 0.25) is 0 Å². The summed E-state index contributed by atoms with van der Waals surface area (Å²) in [4.78, 5) is 20.9. The Morgan fingerprint density at radius 2 is 1.93 bits per heavy atom. The fourth-order valence-corrected chi connectivity index (χ4v) is 2.56. The third-order valence-corrected chi connectivity index (χ3v) is 3.88. The van der Waals surface area contributed by atoms with Crippen LogP contribution in [0.3, 0.4) is 0 Å². The van der Waals surface area contributed by atoms with Crippen molar-refractivity contribution in [3.63, 3.8) is 0 Å². The van der Waals surface area contributed by atoms with Crippen LogP contribution in [0.4, 0.5) is 28.8 Å². The molecule has 0 aliphatic carbocycles. The van der Waals surface area contributed by atoms with E-state index in [9.17, 15) is 9.90 Å². The molecule has 0 saturated heterocycles. The van der Waals surface area contributed by atoms with Crippen LogP contribution in [-0.4, -0.2) is 34.8 Å². The van der Waals surface area contributed by atoms with E-state index >= 15 is 0 Å². The number of methoxy groups -OCH3 is 1. The highest BCUT2D eigenvalue weighted by atomic mass is 16.5. The minimum absolute atomic E-state index is 0.0378. The summed E-state index contributed by atoms with van der Waals surface area (Å²) in [7, 11) is 1.54. The quantitative estimate of drug-likeness (QED) is 0.444. The average molecular weight is 395 g/mol. The van der Waals surface area contributed by atoms with Crippen LogP contribution in [0.1, 0.15) is 17.4 Å². The van der Waals surface area contributed by atoms with Crippen molar-refractivity contribution in [3.8, 4) is 11.5 Å². The van der Waals surface area contributed by atoms with Crippen molar-refractivity contribution >= 4 is 34.8 Å². The first kappa shape index (κ1) is 19.7. The van der Waals surface area contributed by atoms with Crippen LogP contribution in [0.25, 0.3) is 0 Å². The predicted octanol–water partition coefficient (Wildman–Crippen LogP) is 3.44. The minimum Gasteiger partial charge on any atom is -0.508 e. The molecule has 1 aromatic heterocycles. The second-order valence-electron chi connectivity index (χ2n) is 5.88. The number of aromatic nitrogens is 2. The molecule has 2 aromatic carbocycles. The fraction of sp³-hybridized carbons (Fsp3) is 0.150. The zero-order chi connectivity index (χ0) is 20.8. The lowest BCUT2D eigenvalue weighted by Crippen LogP contribution is -2.15. The van der Waals surface area contributed by atoms with Gasteiger partial charge in [0.1, 0.15) is 17.2 Å². The lowest BCUT2D eigenvalue weighted by atomic mass is 10.2.